The monoisotopic (exact) mass is 413 g/mol. The number of H-pyrrole nitrogens is 1. The molecule has 0 spiro atoms. The third-order valence-corrected chi connectivity index (χ3v) is 6.92. The molecule has 1 N–H and O–H groups in total. The van der Waals surface area contributed by atoms with Gasteiger partial charge in [-0.05, 0) is 37.5 Å². The minimum Gasteiger partial charge on any atom is -0.379 e. The predicted molar refractivity (Wildman–Crippen MR) is 115 cm³/mol. The van der Waals surface area contributed by atoms with Crippen LogP contribution in [-0.4, -0.2) is 56.9 Å². The van der Waals surface area contributed by atoms with Gasteiger partial charge in [0.05, 0.1) is 13.2 Å². The fourth-order valence-electron chi connectivity index (χ4n) is 5.35. The van der Waals surface area contributed by atoms with Crippen LogP contribution in [0.25, 0.3) is 11.2 Å². The maximum atomic E-state index is 13.2. The van der Waals surface area contributed by atoms with Crippen molar-refractivity contribution >= 4 is 11.2 Å². The largest absolute Gasteiger partial charge is 0.379 e. The average molecular weight is 414 g/mol. The van der Waals surface area contributed by atoms with Crippen LogP contribution in [0.4, 0.5) is 0 Å². The maximum Gasteiger partial charge on any atom is 0.332 e. The molecule has 8 nitrogen and oxygen atoms in total. The number of imidazole rings is 1. The fourth-order valence-corrected chi connectivity index (χ4v) is 5.35. The highest BCUT2D eigenvalue weighted by Gasteiger charge is 2.38. The van der Waals surface area contributed by atoms with Crippen LogP contribution in [0, 0.1) is 11.8 Å². The first kappa shape index (κ1) is 19.8. The standard InChI is InChI=1S/C22H31N5O3/c1-2-6-27-21(28)18-20(24-19(23-18)17-14-15-4-5-16(17)13-15)26(22(27)29)8-3-7-25-9-11-30-12-10-25/h4-5,15-17H,2-3,6-14H2,1H3,(H,23,24). The number of aromatic nitrogens is 4. The number of aromatic amines is 1. The Morgan fingerprint density at radius 1 is 1.10 bits per heavy atom. The first-order valence-electron chi connectivity index (χ1n) is 11.4. The zero-order chi connectivity index (χ0) is 20.7. The molecule has 3 aliphatic rings. The molecule has 0 aromatic carbocycles. The third-order valence-electron chi connectivity index (χ3n) is 6.92. The van der Waals surface area contributed by atoms with Crippen molar-refractivity contribution < 1.29 is 4.74 Å². The van der Waals surface area contributed by atoms with E-state index in [0.29, 0.717) is 42.0 Å². The number of nitrogens with one attached hydrogen (secondary N) is 1. The lowest BCUT2D eigenvalue weighted by atomic mass is 9.93. The van der Waals surface area contributed by atoms with Crippen LogP contribution in [0.1, 0.15) is 44.3 Å². The third kappa shape index (κ3) is 3.46. The van der Waals surface area contributed by atoms with E-state index < -0.39 is 0 Å². The molecule has 2 bridgehead atoms. The summed E-state index contributed by atoms with van der Waals surface area (Å²) in [7, 11) is 0. The highest BCUT2D eigenvalue weighted by Crippen LogP contribution is 2.48. The van der Waals surface area contributed by atoms with Crippen LogP contribution in [0.5, 0.6) is 0 Å². The topological polar surface area (TPSA) is 85.2 Å². The second-order valence-electron chi connectivity index (χ2n) is 8.91. The normalized spacial score (nSPS) is 26.2. The second-order valence-corrected chi connectivity index (χ2v) is 8.91. The number of rotatable bonds is 7. The molecule has 162 valence electrons. The molecule has 2 aromatic heterocycles. The van der Waals surface area contributed by atoms with E-state index in [1.807, 2.05) is 6.92 Å². The highest BCUT2D eigenvalue weighted by molar-refractivity contribution is 5.70. The van der Waals surface area contributed by atoms with E-state index in [4.69, 9.17) is 9.72 Å². The van der Waals surface area contributed by atoms with Gasteiger partial charge in [0.2, 0.25) is 0 Å². The molecule has 2 fully saturated rings. The van der Waals surface area contributed by atoms with Gasteiger partial charge in [0.25, 0.3) is 5.56 Å². The Morgan fingerprint density at radius 2 is 1.93 bits per heavy atom. The number of aryl methyl sites for hydroxylation is 1. The molecule has 1 saturated heterocycles. The number of nitrogens with zero attached hydrogens (tertiary/aromatic N) is 4. The molecule has 8 heteroatoms. The zero-order valence-electron chi connectivity index (χ0n) is 17.7. The van der Waals surface area contributed by atoms with E-state index in [1.165, 1.54) is 11.0 Å². The van der Waals surface area contributed by atoms with Gasteiger partial charge in [-0.15, -0.1) is 0 Å². The van der Waals surface area contributed by atoms with Crippen LogP contribution < -0.4 is 11.2 Å². The van der Waals surface area contributed by atoms with Crippen molar-refractivity contribution in [1.29, 1.82) is 0 Å². The fraction of sp³-hybridized carbons (Fsp3) is 0.682. The van der Waals surface area contributed by atoms with E-state index in [1.54, 1.807) is 4.57 Å². The van der Waals surface area contributed by atoms with Gasteiger partial charge in [-0.25, -0.2) is 9.78 Å². The molecule has 2 aliphatic carbocycles. The lowest BCUT2D eigenvalue weighted by molar-refractivity contribution is 0.0369. The second kappa shape index (κ2) is 8.15. The Labute approximate surface area is 175 Å². The van der Waals surface area contributed by atoms with Gasteiger partial charge in [-0.1, -0.05) is 19.1 Å². The summed E-state index contributed by atoms with van der Waals surface area (Å²) >= 11 is 0. The zero-order valence-corrected chi connectivity index (χ0v) is 17.7. The molecule has 2 aromatic rings. The molecule has 5 rings (SSSR count). The van der Waals surface area contributed by atoms with Gasteiger partial charge in [-0.2, -0.15) is 0 Å². The molecule has 3 heterocycles. The molecule has 0 radical (unpaired) electrons. The summed E-state index contributed by atoms with van der Waals surface area (Å²) in [5.41, 5.74) is 0.540. The first-order valence-corrected chi connectivity index (χ1v) is 11.4. The van der Waals surface area contributed by atoms with Crippen LogP contribution in [0.2, 0.25) is 0 Å². The maximum absolute atomic E-state index is 13.2. The number of hydrogen-bond acceptors (Lipinski definition) is 5. The summed E-state index contributed by atoms with van der Waals surface area (Å²) in [5, 5.41) is 0. The summed E-state index contributed by atoms with van der Waals surface area (Å²) in [5.74, 6) is 2.31. The summed E-state index contributed by atoms with van der Waals surface area (Å²) in [4.78, 5) is 36.7. The molecule has 3 atom stereocenters. The Hall–Kier alpha value is -2.19. The van der Waals surface area contributed by atoms with Crippen molar-refractivity contribution in [2.45, 2.75) is 51.6 Å². The molecule has 3 unspecified atom stereocenters. The Bertz CT molecular complexity index is 1060. The van der Waals surface area contributed by atoms with Crippen LogP contribution in [0.15, 0.2) is 21.7 Å². The highest BCUT2D eigenvalue weighted by atomic mass is 16.5. The van der Waals surface area contributed by atoms with E-state index in [2.05, 4.69) is 22.0 Å². The Balaban J connectivity index is 1.48. The van der Waals surface area contributed by atoms with Crippen molar-refractivity contribution in [3.05, 3.63) is 38.8 Å². The molecule has 30 heavy (non-hydrogen) atoms. The molecule has 1 aliphatic heterocycles. The summed E-state index contributed by atoms with van der Waals surface area (Å²) in [6, 6.07) is 0. The average Bonchev–Trinajstić information content (AvgIpc) is 3.50. The van der Waals surface area contributed by atoms with Gasteiger partial charge in [0.1, 0.15) is 11.3 Å². The van der Waals surface area contributed by atoms with Crippen molar-refractivity contribution in [2.75, 3.05) is 32.8 Å². The van der Waals surface area contributed by atoms with Crippen LogP contribution >= 0.6 is 0 Å². The molecular formula is C22H31N5O3. The van der Waals surface area contributed by atoms with Gasteiger partial charge in [-0.3, -0.25) is 18.8 Å². The number of morpholine rings is 1. The SMILES string of the molecule is CCCn1c(=O)c2[nH]c(C3CC4C=CC3C4)nc2n(CCCN2CCOCC2)c1=O. The van der Waals surface area contributed by atoms with Crippen LogP contribution in [-0.2, 0) is 17.8 Å². The molecular weight excluding hydrogens is 382 g/mol. The lowest BCUT2D eigenvalue weighted by Gasteiger charge is -2.26. The molecule has 0 amide bonds. The van der Waals surface area contributed by atoms with E-state index in [-0.39, 0.29) is 11.2 Å². The minimum atomic E-state index is -0.237. The Morgan fingerprint density at radius 3 is 2.63 bits per heavy atom. The van der Waals surface area contributed by atoms with Gasteiger partial charge in [0.15, 0.2) is 5.65 Å². The van der Waals surface area contributed by atoms with Crippen molar-refractivity contribution in [1.82, 2.24) is 24.0 Å². The lowest BCUT2D eigenvalue weighted by Crippen LogP contribution is -2.41. The van der Waals surface area contributed by atoms with Gasteiger partial charge in [0, 0.05) is 38.6 Å². The van der Waals surface area contributed by atoms with Gasteiger partial charge < -0.3 is 9.72 Å². The number of fused-ring (bicyclic) bond motifs is 3. The molecule has 1 saturated carbocycles. The number of allylic oxidation sites excluding steroid dienone is 2. The number of ether oxygens (including phenoxy) is 1. The minimum absolute atomic E-state index is 0.234. The Kier molecular flexibility index (Phi) is 5.37. The van der Waals surface area contributed by atoms with Crippen molar-refractivity contribution in [3.63, 3.8) is 0 Å². The van der Waals surface area contributed by atoms with Crippen molar-refractivity contribution in [3.8, 4) is 0 Å². The first-order chi connectivity index (χ1) is 14.7. The van der Waals surface area contributed by atoms with Crippen molar-refractivity contribution in [2.24, 2.45) is 11.8 Å². The number of hydrogen-bond donors (Lipinski definition) is 1. The summed E-state index contributed by atoms with van der Waals surface area (Å²) in [6.07, 6.45) is 8.43. The summed E-state index contributed by atoms with van der Waals surface area (Å²) in [6.45, 7) is 7.31. The van der Waals surface area contributed by atoms with Gasteiger partial charge >= 0.3 is 5.69 Å². The predicted octanol–water partition coefficient (Wildman–Crippen LogP) is 1.70. The smallest absolute Gasteiger partial charge is 0.332 e. The van der Waals surface area contributed by atoms with Crippen LogP contribution in [0.3, 0.4) is 0 Å². The quantitative estimate of drug-likeness (QED) is 0.699. The van der Waals surface area contributed by atoms with E-state index in [9.17, 15) is 9.59 Å². The summed E-state index contributed by atoms with van der Waals surface area (Å²) < 4.78 is 8.51. The van der Waals surface area contributed by atoms with E-state index >= 15 is 0 Å². The van der Waals surface area contributed by atoms with E-state index in [0.717, 1.165) is 57.9 Å².